The summed E-state index contributed by atoms with van der Waals surface area (Å²) in [7, 11) is 0. The van der Waals surface area contributed by atoms with Gasteiger partial charge in [-0.2, -0.15) is 4.98 Å². The van der Waals surface area contributed by atoms with Crippen molar-refractivity contribution in [2.45, 2.75) is 0 Å². The highest BCUT2D eigenvalue weighted by molar-refractivity contribution is 5.81. The normalized spacial score (nSPS) is 8.67. The van der Waals surface area contributed by atoms with Crippen LogP contribution < -0.4 is 17.0 Å². The summed E-state index contributed by atoms with van der Waals surface area (Å²) in [6.45, 7) is 0. The van der Waals surface area contributed by atoms with E-state index in [-0.39, 0.29) is 22.8 Å². The largest absolute Gasteiger partial charge is 0.412 e. The first-order valence-electron chi connectivity index (χ1n) is 2.75. The maximum atomic E-state index is 10.8. The number of carbonyl (C=O) groups is 1. The van der Waals surface area contributed by atoms with Crippen molar-refractivity contribution in [1.82, 2.24) is 9.97 Å². The van der Waals surface area contributed by atoms with E-state index in [1.807, 2.05) is 0 Å². The number of hydrogen-bond donors (Lipinski definition) is 3. The number of anilines is 2. The van der Waals surface area contributed by atoms with Crippen molar-refractivity contribution in [1.29, 1.82) is 0 Å². The van der Waals surface area contributed by atoms with E-state index in [2.05, 4.69) is 9.97 Å². The number of carbonyl (C=O) groups excluding carboxylic acids is 1. The lowest BCUT2D eigenvalue weighted by atomic mass is 10.3. The molecular formula is C5H8N4O3. The van der Waals surface area contributed by atoms with Crippen molar-refractivity contribution in [3.8, 4) is 0 Å². The van der Waals surface area contributed by atoms with E-state index in [0.29, 0.717) is 6.29 Å². The zero-order valence-electron chi connectivity index (χ0n) is 6.00. The minimum Gasteiger partial charge on any atom is -0.412 e. The van der Waals surface area contributed by atoms with Crippen molar-refractivity contribution in [2.24, 2.45) is 0 Å². The Hall–Kier alpha value is -1.89. The lowest BCUT2D eigenvalue weighted by Crippen LogP contribution is -2.18. The summed E-state index contributed by atoms with van der Waals surface area (Å²) < 4.78 is 0. The van der Waals surface area contributed by atoms with Crippen LogP contribution in [-0.2, 0) is 0 Å². The molecule has 1 aromatic rings. The summed E-state index contributed by atoms with van der Waals surface area (Å²) in [6, 6.07) is 0. The van der Waals surface area contributed by atoms with Crippen molar-refractivity contribution < 1.29 is 10.3 Å². The average molecular weight is 172 g/mol. The first-order chi connectivity index (χ1) is 5.15. The van der Waals surface area contributed by atoms with Gasteiger partial charge < -0.3 is 16.9 Å². The lowest BCUT2D eigenvalue weighted by molar-refractivity contribution is 0.112. The van der Waals surface area contributed by atoms with Gasteiger partial charge in [0.15, 0.2) is 6.29 Å². The fourth-order valence-electron chi connectivity index (χ4n) is 0.632. The quantitative estimate of drug-likeness (QED) is 0.416. The second-order valence-corrected chi connectivity index (χ2v) is 1.87. The Kier molecular flexibility index (Phi) is 2.94. The maximum Gasteiger partial charge on any atom is 0.265 e. The number of nitrogen functional groups attached to an aromatic ring is 2. The Morgan fingerprint density at radius 1 is 1.42 bits per heavy atom. The van der Waals surface area contributed by atoms with Gasteiger partial charge in [-0.3, -0.25) is 14.6 Å². The van der Waals surface area contributed by atoms with Gasteiger partial charge in [0, 0.05) is 0 Å². The molecule has 7 heteroatoms. The van der Waals surface area contributed by atoms with E-state index in [9.17, 15) is 9.59 Å². The molecule has 7 N–H and O–H groups in total. The Morgan fingerprint density at radius 3 is 2.42 bits per heavy atom. The second kappa shape index (κ2) is 3.49. The topological polar surface area (TPSA) is 146 Å². The monoisotopic (exact) mass is 172 g/mol. The van der Waals surface area contributed by atoms with Crippen LogP contribution in [0.1, 0.15) is 10.4 Å². The van der Waals surface area contributed by atoms with E-state index >= 15 is 0 Å². The van der Waals surface area contributed by atoms with E-state index in [1.165, 1.54) is 0 Å². The highest BCUT2D eigenvalue weighted by Crippen LogP contribution is 1.98. The molecule has 0 bridgehead atoms. The lowest BCUT2D eigenvalue weighted by Gasteiger charge is -1.96. The molecule has 12 heavy (non-hydrogen) atoms. The molecule has 1 rings (SSSR count). The number of rotatable bonds is 1. The summed E-state index contributed by atoms with van der Waals surface area (Å²) in [5, 5.41) is 0. The molecule has 0 amide bonds. The Balaban J connectivity index is 0.00000121. The van der Waals surface area contributed by atoms with Gasteiger partial charge in [0.2, 0.25) is 5.95 Å². The van der Waals surface area contributed by atoms with Gasteiger partial charge in [0.1, 0.15) is 11.4 Å². The third kappa shape index (κ3) is 1.58. The van der Waals surface area contributed by atoms with Gasteiger partial charge >= 0.3 is 0 Å². The molecule has 0 radical (unpaired) electrons. The van der Waals surface area contributed by atoms with Crippen LogP contribution in [-0.4, -0.2) is 21.7 Å². The average Bonchev–Trinajstić information content (AvgIpc) is 1.85. The number of H-pyrrole nitrogens is 1. The molecule has 0 fully saturated rings. The fraction of sp³-hybridized carbons (Fsp3) is 0. The molecule has 66 valence electrons. The number of hydrogen-bond acceptors (Lipinski definition) is 5. The summed E-state index contributed by atoms with van der Waals surface area (Å²) in [5.41, 5.74) is 9.50. The van der Waals surface area contributed by atoms with Gasteiger partial charge in [-0.25, -0.2) is 0 Å². The molecule has 0 unspecified atom stereocenters. The molecule has 0 atom stereocenters. The van der Waals surface area contributed by atoms with Crippen molar-refractivity contribution in [3.63, 3.8) is 0 Å². The summed E-state index contributed by atoms with van der Waals surface area (Å²) in [6.07, 6.45) is 0.334. The van der Waals surface area contributed by atoms with Gasteiger partial charge in [0.05, 0.1) is 0 Å². The Bertz CT molecular complexity index is 345. The number of nitrogens with two attached hydrogens (primary N) is 2. The standard InChI is InChI=1S/C5H6N4O2.H2O/c6-3-2(1-10)4(11)9-5(7)8-3;/h1H,(H5,6,7,8,9,11);1H2. The molecule has 0 saturated carbocycles. The Morgan fingerprint density at radius 2 is 2.00 bits per heavy atom. The van der Waals surface area contributed by atoms with Crippen LogP contribution in [0.5, 0.6) is 0 Å². The van der Waals surface area contributed by atoms with Crippen LogP contribution in [0.15, 0.2) is 4.79 Å². The summed E-state index contributed by atoms with van der Waals surface area (Å²) >= 11 is 0. The SMILES string of the molecule is Nc1nc(N)c(C=O)c(=O)[nH]1.O. The molecule has 0 aliphatic heterocycles. The number of nitrogens with one attached hydrogen (secondary N) is 1. The molecule has 1 aromatic heterocycles. The van der Waals surface area contributed by atoms with Crippen LogP contribution in [0.4, 0.5) is 11.8 Å². The molecule has 0 spiro atoms. The van der Waals surface area contributed by atoms with E-state index in [0.717, 1.165) is 0 Å². The Labute approximate surface area is 66.7 Å². The van der Waals surface area contributed by atoms with Crippen LogP contribution in [0.3, 0.4) is 0 Å². The highest BCUT2D eigenvalue weighted by atomic mass is 16.1. The third-order valence-electron chi connectivity index (χ3n) is 1.12. The molecule has 1 heterocycles. The summed E-state index contributed by atoms with van der Waals surface area (Å²) in [4.78, 5) is 26.6. The number of aldehydes is 1. The molecule has 0 aromatic carbocycles. The maximum absolute atomic E-state index is 10.8. The van der Waals surface area contributed by atoms with Crippen LogP contribution >= 0.6 is 0 Å². The molecular weight excluding hydrogens is 164 g/mol. The van der Waals surface area contributed by atoms with Gasteiger partial charge in [-0.1, -0.05) is 0 Å². The van der Waals surface area contributed by atoms with E-state index in [1.54, 1.807) is 0 Å². The number of aromatic amines is 1. The van der Waals surface area contributed by atoms with Crippen molar-refractivity contribution in [2.75, 3.05) is 11.5 Å². The highest BCUT2D eigenvalue weighted by Gasteiger charge is 2.04. The first-order valence-corrected chi connectivity index (χ1v) is 2.75. The molecule has 0 aliphatic carbocycles. The third-order valence-corrected chi connectivity index (χ3v) is 1.12. The number of nitrogens with zero attached hydrogens (tertiary/aromatic N) is 1. The second-order valence-electron chi connectivity index (χ2n) is 1.87. The smallest absolute Gasteiger partial charge is 0.265 e. The fourth-order valence-corrected chi connectivity index (χ4v) is 0.632. The zero-order chi connectivity index (χ0) is 8.43. The molecule has 7 nitrogen and oxygen atoms in total. The minimum absolute atomic E-state index is 0. The predicted molar refractivity (Wildman–Crippen MR) is 42.7 cm³/mol. The zero-order valence-corrected chi connectivity index (χ0v) is 6.00. The van der Waals surface area contributed by atoms with Gasteiger partial charge in [-0.05, 0) is 0 Å². The number of aromatic nitrogens is 2. The predicted octanol–water partition coefficient (Wildman–Crippen LogP) is -2.08. The minimum atomic E-state index is -0.620. The van der Waals surface area contributed by atoms with Crippen molar-refractivity contribution >= 4 is 18.1 Å². The van der Waals surface area contributed by atoms with Gasteiger partial charge in [-0.15, -0.1) is 0 Å². The first kappa shape index (κ1) is 10.1. The van der Waals surface area contributed by atoms with Gasteiger partial charge in [0.25, 0.3) is 5.56 Å². The molecule has 0 saturated heterocycles. The van der Waals surface area contributed by atoms with E-state index in [4.69, 9.17) is 11.5 Å². The van der Waals surface area contributed by atoms with Crippen LogP contribution in [0.2, 0.25) is 0 Å². The van der Waals surface area contributed by atoms with Crippen molar-refractivity contribution in [3.05, 3.63) is 15.9 Å². The van der Waals surface area contributed by atoms with Crippen LogP contribution in [0, 0.1) is 0 Å². The van der Waals surface area contributed by atoms with Crippen LogP contribution in [0.25, 0.3) is 0 Å². The molecule has 0 aliphatic rings. The van der Waals surface area contributed by atoms with E-state index < -0.39 is 5.56 Å². The summed E-state index contributed by atoms with van der Waals surface area (Å²) in [5.74, 6) is -0.251.